The van der Waals surface area contributed by atoms with Crippen molar-refractivity contribution in [3.05, 3.63) is 0 Å². The Hall–Kier alpha value is -0.490. The summed E-state index contributed by atoms with van der Waals surface area (Å²) in [5.74, 6) is 1.45. The van der Waals surface area contributed by atoms with Gasteiger partial charge >= 0.3 is 0 Å². The van der Waals surface area contributed by atoms with Crippen LogP contribution in [0, 0.1) is 11.8 Å². The number of hydrogen-bond acceptors (Lipinski definition) is 5. The number of hydrogen-bond donors (Lipinski definition) is 3. The summed E-state index contributed by atoms with van der Waals surface area (Å²) < 4.78 is 0. The molecule has 0 aromatic heterocycles. The standard InChI is InChI=1S/C12H25NO.C11H22N2O.2C2H6/c1-2-6-12(14)10-13-9-11-7-4-3-5-8-11;1-9(2)6-11(14)8-13-5-4-10(7-13)12-3;2*1-2/h11-14H,2-10H2,1H3;9,11,14H,4-8H2,1-3H3;2*1-2H3. The number of aliphatic hydroxyl groups is 2. The summed E-state index contributed by atoms with van der Waals surface area (Å²) >= 11 is 0. The SMILES string of the molecule is CC.CC.CCCC(O)CNCC1CCCCC1.CN=C1CCN(CC(O)CC(C)C)C1. The summed E-state index contributed by atoms with van der Waals surface area (Å²) in [4.78, 5) is 6.49. The highest BCUT2D eigenvalue weighted by molar-refractivity contribution is 5.88. The molecule has 2 atom stereocenters. The molecular weight excluding hydrogens is 398 g/mol. The van der Waals surface area contributed by atoms with Crippen molar-refractivity contribution in [2.45, 2.75) is 118 Å². The van der Waals surface area contributed by atoms with Crippen molar-refractivity contribution < 1.29 is 10.2 Å². The zero-order chi connectivity index (χ0) is 24.8. The first-order valence-electron chi connectivity index (χ1n) is 13.7. The molecule has 1 saturated heterocycles. The summed E-state index contributed by atoms with van der Waals surface area (Å²) in [6.07, 6.45) is 10.7. The van der Waals surface area contributed by atoms with E-state index in [1.54, 1.807) is 0 Å². The van der Waals surface area contributed by atoms with E-state index in [1.165, 1.54) is 37.8 Å². The second kappa shape index (κ2) is 23.7. The predicted octanol–water partition coefficient (Wildman–Crippen LogP) is 5.54. The van der Waals surface area contributed by atoms with Gasteiger partial charge < -0.3 is 15.5 Å². The molecule has 2 rings (SSSR count). The lowest BCUT2D eigenvalue weighted by atomic mass is 9.89. The van der Waals surface area contributed by atoms with Gasteiger partial charge in [0.1, 0.15) is 0 Å². The van der Waals surface area contributed by atoms with E-state index < -0.39 is 0 Å². The molecule has 5 heteroatoms. The van der Waals surface area contributed by atoms with Gasteiger partial charge in [0.25, 0.3) is 0 Å². The molecule has 0 amide bonds. The molecule has 194 valence electrons. The Morgan fingerprint density at radius 1 is 1.03 bits per heavy atom. The first-order valence-corrected chi connectivity index (χ1v) is 13.7. The van der Waals surface area contributed by atoms with E-state index in [0.29, 0.717) is 5.92 Å². The van der Waals surface area contributed by atoms with Gasteiger partial charge in [0.2, 0.25) is 0 Å². The average Bonchev–Trinajstić information content (AvgIpc) is 3.25. The summed E-state index contributed by atoms with van der Waals surface area (Å²) in [6.45, 7) is 19.1. The molecule has 2 aliphatic rings. The summed E-state index contributed by atoms with van der Waals surface area (Å²) in [5, 5.41) is 22.7. The number of β-amino-alcohol motifs (C(OH)–C–C–N with tert-alkyl or cyclic N) is 1. The molecule has 1 saturated carbocycles. The normalized spacial score (nSPS) is 19.9. The third-order valence-electron chi connectivity index (χ3n) is 5.81. The zero-order valence-corrected chi connectivity index (χ0v) is 23.0. The van der Waals surface area contributed by atoms with Gasteiger partial charge in [-0.1, -0.05) is 74.1 Å². The van der Waals surface area contributed by atoms with Crippen LogP contribution < -0.4 is 5.32 Å². The first-order chi connectivity index (χ1) is 15.4. The van der Waals surface area contributed by atoms with Gasteiger partial charge in [-0.2, -0.15) is 0 Å². The topological polar surface area (TPSA) is 68.1 Å². The number of aliphatic hydroxyl groups excluding tert-OH is 2. The molecule has 0 aromatic carbocycles. The molecule has 2 unspecified atom stereocenters. The van der Waals surface area contributed by atoms with E-state index in [9.17, 15) is 10.2 Å². The van der Waals surface area contributed by atoms with Crippen LogP contribution >= 0.6 is 0 Å². The van der Waals surface area contributed by atoms with E-state index in [-0.39, 0.29) is 12.2 Å². The molecule has 0 spiro atoms. The van der Waals surface area contributed by atoms with Crippen molar-refractivity contribution in [1.82, 2.24) is 10.2 Å². The van der Waals surface area contributed by atoms with Crippen molar-refractivity contribution in [3.63, 3.8) is 0 Å². The largest absolute Gasteiger partial charge is 0.392 e. The fraction of sp³-hybridized carbons (Fsp3) is 0.963. The highest BCUT2D eigenvalue weighted by Crippen LogP contribution is 2.22. The molecule has 1 heterocycles. The summed E-state index contributed by atoms with van der Waals surface area (Å²) in [5.41, 5.74) is 1.27. The van der Waals surface area contributed by atoms with Crippen molar-refractivity contribution in [3.8, 4) is 0 Å². The molecule has 32 heavy (non-hydrogen) atoms. The van der Waals surface area contributed by atoms with Gasteiger partial charge in [0.15, 0.2) is 0 Å². The van der Waals surface area contributed by atoms with Crippen LogP contribution in [0.15, 0.2) is 4.99 Å². The zero-order valence-electron chi connectivity index (χ0n) is 23.0. The maximum atomic E-state index is 9.76. The van der Waals surface area contributed by atoms with Crippen LogP contribution in [0.25, 0.3) is 0 Å². The molecular formula is C27H59N3O2. The molecule has 0 bridgehead atoms. The number of nitrogens with zero attached hydrogens (tertiary/aromatic N) is 2. The first kappa shape index (κ1) is 33.7. The third-order valence-corrected chi connectivity index (χ3v) is 5.81. The minimum atomic E-state index is -0.175. The fourth-order valence-corrected chi connectivity index (χ4v) is 4.24. The Balaban J connectivity index is 0. The van der Waals surface area contributed by atoms with E-state index in [1.807, 2.05) is 34.7 Å². The molecule has 3 N–H and O–H groups in total. The van der Waals surface area contributed by atoms with E-state index >= 15 is 0 Å². The molecule has 1 aliphatic carbocycles. The highest BCUT2D eigenvalue weighted by Gasteiger charge is 2.20. The number of nitrogens with one attached hydrogen (secondary N) is 1. The van der Waals surface area contributed by atoms with Crippen LogP contribution in [0.4, 0.5) is 0 Å². The van der Waals surface area contributed by atoms with Gasteiger partial charge in [0.05, 0.1) is 12.2 Å². The van der Waals surface area contributed by atoms with Gasteiger partial charge in [-0.05, 0) is 50.5 Å². The van der Waals surface area contributed by atoms with Crippen molar-refractivity contribution >= 4 is 5.71 Å². The smallest absolute Gasteiger partial charge is 0.0669 e. The third kappa shape index (κ3) is 19.0. The second-order valence-corrected chi connectivity index (χ2v) is 9.16. The van der Waals surface area contributed by atoms with Crippen LogP contribution in [0.5, 0.6) is 0 Å². The molecule has 2 fully saturated rings. The van der Waals surface area contributed by atoms with Crippen LogP contribution in [0.1, 0.15) is 106 Å². The monoisotopic (exact) mass is 457 g/mol. The number of aliphatic imine (C=N–C) groups is 1. The lowest BCUT2D eigenvalue weighted by Crippen LogP contribution is -2.31. The van der Waals surface area contributed by atoms with E-state index in [4.69, 9.17) is 0 Å². The Bertz CT molecular complexity index is 410. The second-order valence-electron chi connectivity index (χ2n) is 9.16. The van der Waals surface area contributed by atoms with Gasteiger partial charge in [-0.15, -0.1) is 0 Å². The van der Waals surface area contributed by atoms with Crippen molar-refractivity contribution in [2.24, 2.45) is 16.8 Å². The molecule has 1 aliphatic heterocycles. The molecule has 5 nitrogen and oxygen atoms in total. The highest BCUT2D eigenvalue weighted by atomic mass is 16.3. The predicted molar refractivity (Wildman–Crippen MR) is 143 cm³/mol. The Kier molecular flexibility index (Phi) is 24.9. The molecule has 0 aromatic rings. The minimum Gasteiger partial charge on any atom is -0.392 e. The van der Waals surface area contributed by atoms with Gasteiger partial charge in [0, 0.05) is 38.9 Å². The Morgan fingerprint density at radius 3 is 2.16 bits per heavy atom. The maximum absolute atomic E-state index is 9.76. The van der Waals surface area contributed by atoms with Gasteiger partial charge in [-0.3, -0.25) is 9.89 Å². The van der Waals surface area contributed by atoms with Crippen LogP contribution in [0.2, 0.25) is 0 Å². The maximum Gasteiger partial charge on any atom is 0.0669 e. The Labute approximate surface area is 201 Å². The van der Waals surface area contributed by atoms with Crippen molar-refractivity contribution in [2.75, 3.05) is 39.8 Å². The summed E-state index contributed by atoms with van der Waals surface area (Å²) in [7, 11) is 1.85. The Morgan fingerprint density at radius 2 is 1.66 bits per heavy atom. The quantitative estimate of drug-likeness (QED) is 0.403. The van der Waals surface area contributed by atoms with Gasteiger partial charge in [-0.25, -0.2) is 0 Å². The lowest BCUT2D eigenvalue weighted by molar-refractivity contribution is 0.107. The van der Waals surface area contributed by atoms with Crippen LogP contribution in [0.3, 0.4) is 0 Å². The number of rotatable bonds is 10. The lowest BCUT2D eigenvalue weighted by Gasteiger charge is -2.22. The van der Waals surface area contributed by atoms with Crippen LogP contribution in [-0.2, 0) is 0 Å². The summed E-state index contributed by atoms with van der Waals surface area (Å²) in [6, 6.07) is 0. The average molecular weight is 458 g/mol. The van der Waals surface area contributed by atoms with E-state index in [0.717, 1.165) is 64.3 Å². The van der Waals surface area contributed by atoms with Crippen molar-refractivity contribution in [1.29, 1.82) is 0 Å². The van der Waals surface area contributed by atoms with E-state index in [2.05, 4.69) is 36.0 Å². The molecule has 0 radical (unpaired) electrons. The minimum absolute atomic E-state index is 0.136. The van der Waals surface area contributed by atoms with Crippen LogP contribution in [-0.4, -0.2) is 72.8 Å². The fourth-order valence-electron chi connectivity index (χ4n) is 4.24. The number of likely N-dealkylation sites (tertiary alicyclic amines) is 1.